The first-order valence-electron chi connectivity index (χ1n) is 4.15. The second-order valence-corrected chi connectivity index (χ2v) is 3.01. The number of hydrogen-bond acceptors (Lipinski definition) is 3. The maximum absolute atomic E-state index is 13.1. The van der Waals surface area contributed by atoms with Crippen molar-refractivity contribution in [3.8, 4) is 0 Å². The smallest absolute Gasteiger partial charge is 0.272 e. The maximum Gasteiger partial charge on any atom is 0.272 e. The molecule has 1 unspecified atom stereocenters. The average molecular weight is 198 g/mol. The lowest BCUT2D eigenvalue weighted by atomic mass is 10.1. The quantitative estimate of drug-likeness (QED) is 0.595. The van der Waals surface area contributed by atoms with Crippen molar-refractivity contribution < 1.29 is 9.31 Å². The fourth-order valence-corrected chi connectivity index (χ4v) is 1.21. The molecule has 0 aliphatic heterocycles. The molecule has 1 aromatic rings. The highest BCUT2D eigenvalue weighted by atomic mass is 19.1. The topological polar surface area (TPSA) is 69.2 Å². The Hall–Kier alpha value is -1.49. The van der Waals surface area contributed by atoms with E-state index in [-0.39, 0.29) is 12.2 Å². The molecule has 0 amide bonds. The molecular formula is C9H11FN2O2. The van der Waals surface area contributed by atoms with Crippen LogP contribution < -0.4 is 5.73 Å². The van der Waals surface area contributed by atoms with Crippen LogP contribution in [0.15, 0.2) is 18.2 Å². The number of nitrogens with zero attached hydrogens (tertiary/aromatic N) is 1. The molecule has 0 aliphatic rings. The number of aryl methyl sites for hydroxylation is 1. The normalized spacial score (nSPS) is 12.5. The Morgan fingerprint density at radius 2 is 2.29 bits per heavy atom. The fraction of sp³-hybridized carbons (Fsp3) is 0.333. The van der Waals surface area contributed by atoms with Crippen LogP contribution in [0.1, 0.15) is 17.3 Å². The number of benzene rings is 1. The van der Waals surface area contributed by atoms with Gasteiger partial charge >= 0.3 is 0 Å². The van der Waals surface area contributed by atoms with E-state index in [2.05, 4.69) is 0 Å². The molecule has 2 N–H and O–H groups in total. The van der Waals surface area contributed by atoms with Gasteiger partial charge in [0.05, 0.1) is 4.92 Å². The van der Waals surface area contributed by atoms with E-state index >= 15 is 0 Å². The predicted molar refractivity (Wildman–Crippen MR) is 50.7 cm³/mol. The molecule has 1 atom stereocenters. The van der Waals surface area contributed by atoms with Crippen LogP contribution in [0.2, 0.25) is 0 Å². The Labute approximate surface area is 80.7 Å². The molecular weight excluding hydrogens is 187 g/mol. The lowest BCUT2D eigenvalue weighted by molar-refractivity contribution is -0.385. The molecule has 0 aromatic heterocycles. The van der Waals surface area contributed by atoms with E-state index in [0.717, 1.165) is 0 Å². The van der Waals surface area contributed by atoms with E-state index in [0.29, 0.717) is 11.1 Å². The number of nitro groups is 1. The molecule has 1 rings (SSSR count). The summed E-state index contributed by atoms with van der Waals surface area (Å²) >= 11 is 0. The molecule has 1 aromatic carbocycles. The third-order valence-corrected chi connectivity index (χ3v) is 1.99. The van der Waals surface area contributed by atoms with Crippen LogP contribution in [0.3, 0.4) is 0 Å². The molecule has 0 fully saturated rings. The molecule has 5 heteroatoms. The van der Waals surface area contributed by atoms with E-state index < -0.39 is 11.1 Å². The standard InChI is InChI=1S/C9H11FN2O2/c1-6-4-7(8(10)5-11)2-3-9(6)12(13)14/h2-4,8H,5,11H2,1H3. The third kappa shape index (κ3) is 2.05. The molecule has 0 spiro atoms. The molecule has 0 saturated carbocycles. The molecule has 0 heterocycles. The van der Waals surface area contributed by atoms with Crippen molar-refractivity contribution in [2.45, 2.75) is 13.1 Å². The van der Waals surface area contributed by atoms with Gasteiger partial charge in [-0.1, -0.05) is 0 Å². The largest absolute Gasteiger partial charge is 0.327 e. The lowest BCUT2D eigenvalue weighted by Crippen LogP contribution is -2.08. The molecule has 14 heavy (non-hydrogen) atoms. The maximum atomic E-state index is 13.1. The van der Waals surface area contributed by atoms with Crippen LogP contribution in [0, 0.1) is 17.0 Å². The van der Waals surface area contributed by atoms with Crippen molar-refractivity contribution in [1.29, 1.82) is 0 Å². The summed E-state index contributed by atoms with van der Waals surface area (Å²) in [6, 6.07) is 4.14. The minimum absolute atomic E-state index is 0.00188. The van der Waals surface area contributed by atoms with Crippen LogP contribution >= 0.6 is 0 Å². The summed E-state index contributed by atoms with van der Waals surface area (Å²) in [7, 11) is 0. The lowest BCUT2D eigenvalue weighted by Gasteiger charge is -2.06. The van der Waals surface area contributed by atoms with Crippen LogP contribution in [-0.4, -0.2) is 11.5 Å². The summed E-state index contributed by atoms with van der Waals surface area (Å²) in [6.07, 6.45) is -1.26. The van der Waals surface area contributed by atoms with Gasteiger partial charge in [-0.15, -0.1) is 0 Å². The summed E-state index contributed by atoms with van der Waals surface area (Å²) in [5.74, 6) is 0. The minimum Gasteiger partial charge on any atom is -0.327 e. The second-order valence-electron chi connectivity index (χ2n) is 3.01. The summed E-state index contributed by atoms with van der Waals surface area (Å²) in [6.45, 7) is 1.46. The van der Waals surface area contributed by atoms with Crippen LogP contribution in [0.4, 0.5) is 10.1 Å². The molecule has 0 radical (unpaired) electrons. The van der Waals surface area contributed by atoms with Crippen molar-refractivity contribution in [2.75, 3.05) is 6.54 Å². The summed E-state index contributed by atoms with van der Waals surface area (Å²) in [5, 5.41) is 10.5. The van der Waals surface area contributed by atoms with Gasteiger partial charge in [0, 0.05) is 18.2 Å². The van der Waals surface area contributed by atoms with Crippen molar-refractivity contribution >= 4 is 5.69 Å². The zero-order valence-electron chi connectivity index (χ0n) is 7.74. The van der Waals surface area contributed by atoms with Gasteiger partial charge in [0.15, 0.2) is 0 Å². The molecule has 0 aliphatic carbocycles. The Balaban J connectivity index is 3.06. The first-order chi connectivity index (χ1) is 6.56. The van der Waals surface area contributed by atoms with E-state index in [4.69, 9.17) is 5.73 Å². The number of hydrogen-bond donors (Lipinski definition) is 1. The first-order valence-corrected chi connectivity index (χ1v) is 4.15. The van der Waals surface area contributed by atoms with Crippen LogP contribution in [0.5, 0.6) is 0 Å². The Morgan fingerprint density at radius 1 is 1.64 bits per heavy atom. The van der Waals surface area contributed by atoms with Crippen LogP contribution in [-0.2, 0) is 0 Å². The van der Waals surface area contributed by atoms with Crippen LogP contribution in [0.25, 0.3) is 0 Å². The highest BCUT2D eigenvalue weighted by Crippen LogP contribution is 2.23. The van der Waals surface area contributed by atoms with Gasteiger partial charge in [0.2, 0.25) is 0 Å². The zero-order valence-corrected chi connectivity index (χ0v) is 7.74. The minimum atomic E-state index is -1.26. The predicted octanol–water partition coefficient (Wildman–Crippen LogP) is 1.87. The van der Waals surface area contributed by atoms with E-state index in [1.807, 2.05) is 0 Å². The molecule has 4 nitrogen and oxygen atoms in total. The fourth-order valence-electron chi connectivity index (χ4n) is 1.21. The van der Waals surface area contributed by atoms with Gasteiger partial charge < -0.3 is 5.73 Å². The first kappa shape index (κ1) is 10.6. The number of nitrogens with two attached hydrogens (primary N) is 1. The van der Waals surface area contributed by atoms with Crippen molar-refractivity contribution in [2.24, 2.45) is 5.73 Å². The Morgan fingerprint density at radius 3 is 2.71 bits per heavy atom. The van der Waals surface area contributed by atoms with Gasteiger partial charge in [-0.2, -0.15) is 0 Å². The van der Waals surface area contributed by atoms with E-state index in [9.17, 15) is 14.5 Å². The van der Waals surface area contributed by atoms with Gasteiger partial charge in [-0.3, -0.25) is 10.1 Å². The molecule has 76 valence electrons. The van der Waals surface area contributed by atoms with E-state index in [1.54, 1.807) is 6.92 Å². The summed E-state index contributed by atoms with van der Waals surface area (Å²) in [4.78, 5) is 9.97. The number of alkyl halides is 1. The van der Waals surface area contributed by atoms with Crippen molar-refractivity contribution in [3.63, 3.8) is 0 Å². The van der Waals surface area contributed by atoms with E-state index in [1.165, 1.54) is 18.2 Å². The molecule has 0 saturated heterocycles. The van der Waals surface area contributed by atoms with Gasteiger partial charge in [-0.25, -0.2) is 4.39 Å². The van der Waals surface area contributed by atoms with Gasteiger partial charge in [0.25, 0.3) is 5.69 Å². The SMILES string of the molecule is Cc1cc(C(F)CN)ccc1[N+](=O)[O-]. The van der Waals surface area contributed by atoms with Gasteiger partial charge in [-0.05, 0) is 24.6 Å². The monoisotopic (exact) mass is 198 g/mol. The molecule has 0 bridgehead atoms. The van der Waals surface area contributed by atoms with Crippen molar-refractivity contribution in [1.82, 2.24) is 0 Å². The summed E-state index contributed by atoms with van der Waals surface area (Å²) < 4.78 is 13.1. The number of rotatable bonds is 3. The third-order valence-electron chi connectivity index (χ3n) is 1.99. The second kappa shape index (κ2) is 4.15. The van der Waals surface area contributed by atoms with Gasteiger partial charge in [0.1, 0.15) is 6.17 Å². The van der Waals surface area contributed by atoms with Crippen molar-refractivity contribution in [3.05, 3.63) is 39.4 Å². The Bertz CT molecular complexity index is 355. The Kier molecular flexibility index (Phi) is 3.14. The highest BCUT2D eigenvalue weighted by Gasteiger charge is 2.13. The highest BCUT2D eigenvalue weighted by molar-refractivity contribution is 5.42. The number of halogens is 1. The number of nitro benzene ring substituents is 1. The average Bonchev–Trinajstić information content (AvgIpc) is 2.15. The zero-order chi connectivity index (χ0) is 10.7. The summed E-state index contributed by atoms with van der Waals surface area (Å²) in [5.41, 5.74) is 5.97.